The van der Waals surface area contributed by atoms with Crippen molar-refractivity contribution in [3.63, 3.8) is 0 Å². The van der Waals surface area contributed by atoms with Crippen LogP contribution in [0.25, 0.3) is 0 Å². The van der Waals surface area contributed by atoms with Crippen LogP contribution in [0.3, 0.4) is 0 Å². The molecule has 0 spiro atoms. The minimum atomic E-state index is -0.396. The van der Waals surface area contributed by atoms with Crippen molar-refractivity contribution >= 4 is 5.91 Å². The average molecular weight is 220 g/mol. The Bertz CT molecular complexity index is 353. The van der Waals surface area contributed by atoms with E-state index in [2.05, 4.69) is 10.6 Å². The van der Waals surface area contributed by atoms with Crippen LogP contribution in [0.5, 0.6) is 0 Å². The van der Waals surface area contributed by atoms with Gasteiger partial charge >= 0.3 is 0 Å². The Morgan fingerprint density at radius 1 is 1.44 bits per heavy atom. The van der Waals surface area contributed by atoms with Gasteiger partial charge in [-0.2, -0.15) is 0 Å². The zero-order valence-corrected chi connectivity index (χ0v) is 9.02. The van der Waals surface area contributed by atoms with Crippen LogP contribution in [-0.2, 0) is 11.3 Å². The number of nitrogens with one attached hydrogen (secondary N) is 2. The van der Waals surface area contributed by atoms with Gasteiger partial charge in [0.25, 0.3) is 0 Å². The Morgan fingerprint density at radius 3 is 2.81 bits per heavy atom. The molecule has 1 aromatic rings. The molecule has 0 aromatic heterocycles. The van der Waals surface area contributed by atoms with Crippen molar-refractivity contribution in [1.82, 2.24) is 10.6 Å². The molecule has 0 bridgehead atoms. The lowest BCUT2D eigenvalue weighted by Crippen LogP contribution is -2.39. The van der Waals surface area contributed by atoms with Crippen LogP contribution in [0, 0.1) is 0 Å². The molecular formula is C12H16N2O2. The fourth-order valence-electron chi connectivity index (χ4n) is 1.83. The molecule has 1 saturated heterocycles. The first-order valence-corrected chi connectivity index (χ1v) is 5.49. The number of benzene rings is 1. The topological polar surface area (TPSA) is 61.4 Å². The number of carbonyl (C=O) groups is 1. The van der Waals surface area contributed by atoms with Crippen molar-refractivity contribution in [3.8, 4) is 0 Å². The molecule has 1 aromatic carbocycles. The van der Waals surface area contributed by atoms with E-state index < -0.39 is 6.10 Å². The van der Waals surface area contributed by atoms with Gasteiger partial charge in [-0.25, -0.2) is 0 Å². The van der Waals surface area contributed by atoms with Crippen molar-refractivity contribution < 1.29 is 9.90 Å². The van der Waals surface area contributed by atoms with Gasteiger partial charge in [-0.3, -0.25) is 4.79 Å². The maximum atomic E-state index is 11.7. The molecule has 0 aliphatic carbocycles. The van der Waals surface area contributed by atoms with Gasteiger partial charge in [0.1, 0.15) is 0 Å². The Hall–Kier alpha value is -1.39. The number of carbonyl (C=O) groups excluding carboxylic acids is 1. The fraction of sp³-hybridized carbons (Fsp3) is 0.417. The quantitative estimate of drug-likeness (QED) is 0.673. The summed E-state index contributed by atoms with van der Waals surface area (Å²) in [5.74, 6) is -0.0413. The molecule has 3 N–H and O–H groups in total. The second kappa shape index (κ2) is 5.09. The maximum absolute atomic E-state index is 11.7. The standard InChI is InChI=1S/C12H16N2O2/c15-10-6-11(13-8-10)12(16)14-7-9-4-2-1-3-5-9/h1-5,10-11,13,15H,6-8H2,(H,14,16)/t10?,11-/m1/s1. The minimum absolute atomic E-state index is 0.0413. The Kier molecular flexibility index (Phi) is 3.54. The van der Waals surface area contributed by atoms with E-state index in [1.54, 1.807) is 0 Å². The van der Waals surface area contributed by atoms with Crippen molar-refractivity contribution in [2.24, 2.45) is 0 Å². The van der Waals surface area contributed by atoms with E-state index in [9.17, 15) is 9.90 Å². The highest BCUT2D eigenvalue weighted by Gasteiger charge is 2.27. The highest BCUT2D eigenvalue weighted by Crippen LogP contribution is 2.06. The van der Waals surface area contributed by atoms with Crippen LogP contribution >= 0.6 is 0 Å². The Morgan fingerprint density at radius 2 is 2.19 bits per heavy atom. The summed E-state index contributed by atoms with van der Waals surface area (Å²) in [5.41, 5.74) is 1.08. The lowest BCUT2D eigenvalue weighted by Gasteiger charge is -2.10. The smallest absolute Gasteiger partial charge is 0.237 e. The molecular weight excluding hydrogens is 204 g/mol. The molecule has 1 heterocycles. The van der Waals surface area contributed by atoms with Crippen molar-refractivity contribution in [2.45, 2.75) is 25.1 Å². The fourth-order valence-corrected chi connectivity index (χ4v) is 1.83. The molecule has 1 aliphatic heterocycles. The van der Waals surface area contributed by atoms with Crippen molar-refractivity contribution in [2.75, 3.05) is 6.54 Å². The third-order valence-electron chi connectivity index (χ3n) is 2.73. The summed E-state index contributed by atoms with van der Waals surface area (Å²) < 4.78 is 0. The second-order valence-electron chi connectivity index (χ2n) is 4.05. The largest absolute Gasteiger partial charge is 0.392 e. The lowest BCUT2D eigenvalue weighted by atomic mass is 10.2. The molecule has 86 valence electrons. The first kappa shape index (κ1) is 11.1. The summed E-state index contributed by atoms with van der Waals surface area (Å²) in [5, 5.41) is 15.1. The van der Waals surface area contributed by atoms with Gasteiger partial charge in [0.2, 0.25) is 5.91 Å². The van der Waals surface area contributed by atoms with Gasteiger partial charge in [-0.15, -0.1) is 0 Å². The third-order valence-corrected chi connectivity index (χ3v) is 2.73. The third kappa shape index (κ3) is 2.81. The van der Waals surface area contributed by atoms with Crippen LogP contribution in [-0.4, -0.2) is 29.7 Å². The predicted octanol–water partition coefficient (Wildman–Crippen LogP) is 0.0256. The highest BCUT2D eigenvalue weighted by atomic mass is 16.3. The average Bonchev–Trinajstić information content (AvgIpc) is 2.74. The molecule has 4 nitrogen and oxygen atoms in total. The molecule has 1 unspecified atom stereocenters. The minimum Gasteiger partial charge on any atom is -0.392 e. The van der Waals surface area contributed by atoms with E-state index in [1.165, 1.54) is 0 Å². The van der Waals surface area contributed by atoms with Crippen molar-refractivity contribution in [3.05, 3.63) is 35.9 Å². The number of rotatable bonds is 3. The molecule has 2 rings (SSSR count). The van der Waals surface area contributed by atoms with E-state index in [4.69, 9.17) is 0 Å². The molecule has 2 atom stereocenters. The highest BCUT2D eigenvalue weighted by molar-refractivity contribution is 5.82. The maximum Gasteiger partial charge on any atom is 0.237 e. The van der Waals surface area contributed by atoms with Crippen LogP contribution in [0.1, 0.15) is 12.0 Å². The molecule has 0 radical (unpaired) electrons. The number of hydrogen-bond acceptors (Lipinski definition) is 3. The van der Waals surface area contributed by atoms with Crippen LogP contribution < -0.4 is 10.6 Å². The van der Waals surface area contributed by atoms with Crippen LogP contribution in [0.4, 0.5) is 0 Å². The normalized spacial score (nSPS) is 24.3. The first-order valence-electron chi connectivity index (χ1n) is 5.49. The van der Waals surface area contributed by atoms with Gasteiger partial charge in [-0.05, 0) is 12.0 Å². The lowest BCUT2D eigenvalue weighted by molar-refractivity contribution is -0.123. The summed E-state index contributed by atoms with van der Waals surface area (Å²) in [7, 11) is 0. The van der Waals surface area contributed by atoms with E-state index in [0.717, 1.165) is 5.56 Å². The first-order chi connectivity index (χ1) is 7.75. The van der Waals surface area contributed by atoms with Crippen LogP contribution in [0.2, 0.25) is 0 Å². The van der Waals surface area contributed by atoms with E-state index in [-0.39, 0.29) is 11.9 Å². The van der Waals surface area contributed by atoms with Crippen molar-refractivity contribution in [1.29, 1.82) is 0 Å². The molecule has 0 saturated carbocycles. The van der Waals surface area contributed by atoms with Gasteiger partial charge in [-0.1, -0.05) is 30.3 Å². The number of aliphatic hydroxyl groups is 1. The van der Waals surface area contributed by atoms with Gasteiger partial charge in [0, 0.05) is 13.1 Å². The van der Waals surface area contributed by atoms with E-state index in [1.807, 2.05) is 30.3 Å². The SMILES string of the molecule is O=C(NCc1ccccc1)[C@H]1CC(O)CN1. The number of amides is 1. The molecule has 1 fully saturated rings. The summed E-state index contributed by atoms with van der Waals surface area (Å²) in [6.07, 6.45) is 0.105. The summed E-state index contributed by atoms with van der Waals surface area (Å²) in [6, 6.07) is 9.52. The van der Waals surface area contributed by atoms with E-state index in [0.29, 0.717) is 19.5 Å². The molecule has 1 amide bonds. The predicted molar refractivity (Wildman–Crippen MR) is 60.7 cm³/mol. The van der Waals surface area contributed by atoms with Gasteiger partial charge in [0.05, 0.1) is 12.1 Å². The Balaban J connectivity index is 1.80. The number of β-amino-alcohol motifs (C(OH)–C–C–N with tert-alkyl or cyclic N) is 1. The molecule has 1 aliphatic rings. The van der Waals surface area contributed by atoms with Crippen LogP contribution in [0.15, 0.2) is 30.3 Å². The Labute approximate surface area is 94.7 Å². The van der Waals surface area contributed by atoms with Gasteiger partial charge < -0.3 is 15.7 Å². The summed E-state index contributed by atoms with van der Waals surface area (Å²) >= 11 is 0. The zero-order valence-electron chi connectivity index (χ0n) is 9.02. The molecule has 16 heavy (non-hydrogen) atoms. The molecule has 4 heteroatoms. The summed E-state index contributed by atoms with van der Waals surface area (Å²) in [6.45, 7) is 1.04. The second-order valence-corrected chi connectivity index (χ2v) is 4.05. The summed E-state index contributed by atoms with van der Waals surface area (Å²) in [4.78, 5) is 11.7. The van der Waals surface area contributed by atoms with E-state index >= 15 is 0 Å². The van der Waals surface area contributed by atoms with Gasteiger partial charge in [0.15, 0.2) is 0 Å². The number of aliphatic hydroxyl groups excluding tert-OH is 1. The monoisotopic (exact) mass is 220 g/mol. The zero-order chi connectivity index (χ0) is 11.4. The number of hydrogen-bond donors (Lipinski definition) is 3.